The summed E-state index contributed by atoms with van der Waals surface area (Å²) in [5, 5.41) is 4.04. The number of hydrogen-bond donors (Lipinski definition) is 2. The average molecular weight is 567 g/mol. The zero-order chi connectivity index (χ0) is 27.4. The topological polar surface area (TPSA) is 76.2 Å². The lowest BCUT2D eigenvalue weighted by atomic mass is 9.76. The third-order valence-electron chi connectivity index (χ3n) is 7.37. The maximum Gasteiger partial charge on any atom is 0.257 e. The Kier molecular flexibility index (Phi) is 8.75. The van der Waals surface area contributed by atoms with Gasteiger partial charge in [-0.05, 0) is 65.8 Å². The van der Waals surface area contributed by atoms with Gasteiger partial charge in [-0.1, -0.05) is 67.4 Å². The van der Waals surface area contributed by atoms with E-state index in [1.165, 1.54) is 0 Å². The monoisotopic (exact) mass is 565 g/mol. The van der Waals surface area contributed by atoms with Crippen LogP contribution in [0.15, 0.2) is 66.7 Å². The summed E-state index contributed by atoms with van der Waals surface area (Å²) in [7, 11) is 0. The highest BCUT2D eigenvalue weighted by Crippen LogP contribution is 2.44. The van der Waals surface area contributed by atoms with Gasteiger partial charge >= 0.3 is 0 Å². The minimum Gasteiger partial charge on any atom is -0.484 e. The van der Waals surface area contributed by atoms with Gasteiger partial charge in [0, 0.05) is 18.9 Å². The molecule has 8 heteroatoms. The summed E-state index contributed by atoms with van der Waals surface area (Å²) in [6, 6.07) is 21.6. The van der Waals surface area contributed by atoms with Crippen LogP contribution in [-0.4, -0.2) is 35.6 Å². The minimum atomic E-state index is -0.171. The molecule has 1 aliphatic heterocycles. The number of ether oxygens (including phenoxy) is 2. The van der Waals surface area contributed by atoms with E-state index in [1.54, 1.807) is 0 Å². The second-order valence-corrected chi connectivity index (χ2v) is 11.2. The van der Waals surface area contributed by atoms with Crippen LogP contribution in [0.5, 0.6) is 5.75 Å². The van der Waals surface area contributed by atoms with E-state index in [0.29, 0.717) is 47.2 Å². The summed E-state index contributed by atoms with van der Waals surface area (Å²) in [6.07, 6.45) is 1.55. The van der Waals surface area contributed by atoms with E-state index in [1.807, 2.05) is 60.7 Å². The van der Waals surface area contributed by atoms with Gasteiger partial charge in [-0.15, -0.1) is 0 Å². The zero-order valence-corrected chi connectivity index (χ0v) is 23.6. The number of fused-ring (bicyclic) bond motifs is 1. The summed E-state index contributed by atoms with van der Waals surface area (Å²) in [6.45, 7) is 5.49. The van der Waals surface area contributed by atoms with Crippen molar-refractivity contribution in [2.24, 2.45) is 11.8 Å². The van der Waals surface area contributed by atoms with E-state index in [4.69, 9.17) is 32.7 Å². The van der Waals surface area contributed by atoms with Gasteiger partial charge in [0.15, 0.2) is 6.61 Å². The molecule has 0 spiro atoms. The molecule has 0 radical (unpaired) electrons. The molecule has 0 saturated carbocycles. The molecule has 6 nitrogen and oxygen atoms in total. The second kappa shape index (κ2) is 12.4. The van der Waals surface area contributed by atoms with Crippen molar-refractivity contribution in [1.82, 2.24) is 15.3 Å². The van der Waals surface area contributed by atoms with E-state index in [9.17, 15) is 4.79 Å². The van der Waals surface area contributed by atoms with E-state index in [0.717, 1.165) is 34.4 Å². The Bertz CT molecular complexity index is 1400. The average Bonchev–Trinajstić information content (AvgIpc) is 3.36. The van der Waals surface area contributed by atoms with Crippen LogP contribution in [0.2, 0.25) is 10.0 Å². The van der Waals surface area contributed by atoms with E-state index >= 15 is 0 Å². The molecule has 1 aliphatic rings. The molecule has 204 valence electrons. The lowest BCUT2D eigenvalue weighted by Gasteiger charge is -2.39. The highest BCUT2D eigenvalue weighted by Gasteiger charge is 2.35. The number of carbonyl (C=O) groups excluding carboxylic acids is 1. The number of H-pyrrole nitrogens is 1. The third-order valence-corrected chi connectivity index (χ3v) is 8.11. The normalized spacial score (nSPS) is 19.4. The van der Waals surface area contributed by atoms with E-state index in [-0.39, 0.29) is 24.5 Å². The summed E-state index contributed by atoms with van der Waals surface area (Å²) < 4.78 is 12.3. The first-order chi connectivity index (χ1) is 18.9. The van der Waals surface area contributed by atoms with Gasteiger partial charge < -0.3 is 19.8 Å². The molecule has 3 atom stereocenters. The maximum absolute atomic E-state index is 12.4. The molecule has 4 aromatic rings. The van der Waals surface area contributed by atoms with Crippen LogP contribution in [0, 0.1) is 11.8 Å². The van der Waals surface area contributed by atoms with Crippen molar-refractivity contribution < 1.29 is 14.3 Å². The van der Waals surface area contributed by atoms with Crippen LogP contribution in [0.3, 0.4) is 0 Å². The highest BCUT2D eigenvalue weighted by atomic mass is 35.5. The van der Waals surface area contributed by atoms with Gasteiger partial charge in [0.05, 0.1) is 33.8 Å². The molecular weight excluding hydrogens is 533 g/mol. The van der Waals surface area contributed by atoms with Crippen LogP contribution < -0.4 is 10.1 Å². The van der Waals surface area contributed by atoms with Crippen molar-refractivity contribution in [3.63, 3.8) is 0 Å². The molecule has 2 heterocycles. The molecule has 5 rings (SSSR count). The molecular formula is C31H33Cl2N3O3. The van der Waals surface area contributed by atoms with Crippen molar-refractivity contribution in [3.05, 3.63) is 93.7 Å². The molecule has 1 saturated heterocycles. The molecule has 1 fully saturated rings. The van der Waals surface area contributed by atoms with Crippen molar-refractivity contribution in [2.75, 3.05) is 19.8 Å². The summed E-state index contributed by atoms with van der Waals surface area (Å²) in [4.78, 5) is 20.2. The number of halogens is 2. The Morgan fingerprint density at radius 3 is 2.72 bits per heavy atom. The van der Waals surface area contributed by atoms with Gasteiger partial charge in [0.2, 0.25) is 0 Å². The van der Waals surface area contributed by atoms with Crippen molar-refractivity contribution in [3.8, 4) is 5.75 Å². The summed E-state index contributed by atoms with van der Waals surface area (Å²) in [5.41, 5.74) is 4.13. The quantitative estimate of drug-likeness (QED) is 0.226. The first-order valence-corrected chi connectivity index (χ1v) is 14.1. The van der Waals surface area contributed by atoms with Crippen LogP contribution in [0.4, 0.5) is 0 Å². The number of imidazole rings is 1. The number of nitrogens with zero attached hydrogens (tertiary/aromatic N) is 1. The molecule has 0 unspecified atom stereocenters. The predicted octanol–water partition coefficient (Wildman–Crippen LogP) is 7.12. The standard InChI is InChI=1S/C31H33Cl2N3O3/c1-19(2)24-15-22(20-10-11-25(32)26(33)16-20)17-39-31(24)21-6-5-7-23(14-21)38-18-30(37)34-13-12-29-35-27-8-3-4-9-28(27)36-29/h3-11,14,16,19,22,24,31H,12-13,15,17-18H2,1-2H3,(H,34,37)(H,35,36)/t22-,24-,31-/m0/s1. The molecule has 0 aliphatic carbocycles. The number of hydrogen-bond acceptors (Lipinski definition) is 4. The number of para-hydroxylation sites is 2. The maximum atomic E-state index is 12.4. The number of nitrogens with one attached hydrogen (secondary N) is 2. The first kappa shape index (κ1) is 27.5. The molecule has 39 heavy (non-hydrogen) atoms. The molecule has 0 bridgehead atoms. The van der Waals surface area contributed by atoms with Gasteiger partial charge in [0.25, 0.3) is 5.91 Å². The second-order valence-electron chi connectivity index (χ2n) is 10.4. The summed E-state index contributed by atoms with van der Waals surface area (Å²) in [5.74, 6) is 2.31. The largest absolute Gasteiger partial charge is 0.484 e. The Hall–Kier alpha value is -3.06. The minimum absolute atomic E-state index is 0.0507. The molecule has 2 N–H and O–H groups in total. The van der Waals surface area contributed by atoms with Gasteiger partial charge in [-0.3, -0.25) is 4.79 Å². The fourth-order valence-corrected chi connectivity index (χ4v) is 5.56. The number of aromatic amines is 1. The smallest absolute Gasteiger partial charge is 0.257 e. The number of benzene rings is 3. The SMILES string of the molecule is CC(C)[C@@H]1C[C@H](c2ccc(Cl)c(Cl)c2)CO[C@H]1c1cccc(OCC(=O)NCCc2nc3ccccc3[nH]2)c1. The molecule has 3 aromatic carbocycles. The van der Waals surface area contributed by atoms with E-state index < -0.39 is 0 Å². The summed E-state index contributed by atoms with van der Waals surface area (Å²) >= 11 is 12.4. The fourth-order valence-electron chi connectivity index (χ4n) is 5.25. The van der Waals surface area contributed by atoms with Crippen LogP contribution in [0.25, 0.3) is 11.0 Å². The van der Waals surface area contributed by atoms with Crippen LogP contribution in [-0.2, 0) is 16.0 Å². The lowest BCUT2D eigenvalue weighted by Crippen LogP contribution is -2.31. The number of rotatable bonds is 9. The first-order valence-electron chi connectivity index (χ1n) is 13.4. The van der Waals surface area contributed by atoms with Gasteiger partial charge in [-0.25, -0.2) is 4.98 Å². The predicted molar refractivity (Wildman–Crippen MR) is 156 cm³/mol. The van der Waals surface area contributed by atoms with Gasteiger partial charge in [0.1, 0.15) is 11.6 Å². The molecule has 1 aromatic heterocycles. The zero-order valence-electron chi connectivity index (χ0n) is 22.1. The Labute approximate surface area is 239 Å². The Morgan fingerprint density at radius 1 is 1.08 bits per heavy atom. The number of carbonyl (C=O) groups is 1. The van der Waals surface area contributed by atoms with E-state index in [2.05, 4.69) is 35.2 Å². The van der Waals surface area contributed by atoms with Crippen LogP contribution in [0.1, 0.15) is 49.2 Å². The lowest BCUT2D eigenvalue weighted by molar-refractivity contribution is -0.123. The Morgan fingerprint density at radius 2 is 1.92 bits per heavy atom. The van der Waals surface area contributed by atoms with Gasteiger partial charge in [-0.2, -0.15) is 0 Å². The number of amides is 1. The highest BCUT2D eigenvalue weighted by molar-refractivity contribution is 6.42. The van der Waals surface area contributed by atoms with Crippen molar-refractivity contribution >= 4 is 40.1 Å². The Balaban J connectivity index is 1.15. The fraction of sp³-hybridized carbons (Fsp3) is 0.355. The van der Waals surface area contributed by atoms with Crippen molar-refractivity contribution in [2.45, 2.75) is 38.7 Å². The van der Waals surface area contributed by atoms with Crippen molar-refractivity contribution in [1.29, 1.82) is 0 Å². The number of aromatic nitrogens is 2. The third kappa shape index (κ3) is 6.75. The molecule has 1 amide bonds. The van der Waals surface area contributed by atoms with Crippen LogP contribution >= 0.6 is 23.2 Å².